The number of methoxy groups -OCH3 is 1. The van der Waals surface area contributed by atoms with Crippen molar-refractivity contribution in [2.75, 3.05) is 13.7 Å². The van der Waals surface area contributed by atoms with Gasteiger partial charge in [-0.3, -0.25) is 9.89 Å². The molecule has 0 saturated carbocycles. The summed E-state index contributed by atoms with van der Waals surface area (Å²) in [5, 5.41) is 10.4. The van der Waals surface area contributed by atoms with E-state index in [1.165, 1.54) is 6.21 Å². The minimum absolute atomic E-state index is 0.129. The predicted molar refractivity (Wildman–Crippen MR) is 85.6 cm³/mol. The van der Waals surface area contributed by atoms with Gasteiger partial charge in [-0.1, -0.05) is 0 Å². The Balaban J connectivity index is 2.37. The van der Waals surface area contributed by atoms with E-state index in [1.54, 1.807) is 26.2 Å². The van der Waals surface area contributed by atoms with E-state index in [0.717, 1.165) is 10.2 Å². The Hall–Kier alpha value is -2.48. The highest BCUT2D eigenvalue weighted by Crippen LogP contribution is 2.27. The summed E-state index contributed by atoms with van der Waals surface area (Å²) in [5.41, 5.74) is 0.670. The number of rotatable bonds is 5. The van der Waals surface area contributed by atoms with Crippen LogP contribution in [0.1, 0.15) is 18.2 Å². The normalized spacial score (nSPS) is 10.9. The van der Waals surface area contributed by atoms with Crippen molar-refractivity contribution in [2.24, 2.45) is 5.10 Å². The van der Waals surface area contributed by atoms with Crippen LogP contribution in [0.2, 0.25) is 0 Å². The zero-order chi connectivity index (χ0) is 16.1. The molecule has 1 heterocycles. The van der Waals surface area contributed by atoms with E-state index in [2.05, 4.69) is 15.3 Å². The van der Waals surface area contributed by atoms with Crippen LogP contribution in [0.15, 0.2) is 28.1 Å². The van der Waals surface area contributed by atoms with E-state index in [4.69, 9.17) is 21.7 Å². The molecule has 0 spiro atoms. The second-order valence-corrected chi connectivity index (χ2v) is 4.71. The molecular formula is C14H16N4O3S. The highest BCUT2D eigenvalue weighted by atomic mass is 32.1. The summed E-state index contributed by atoms with van der Waals surface area (Å²) < 4.78 is 11.9. The highest BCUT2D eigenvalue weighted by Gasteiger charge is 2.05. The maximum Gasteiger partial charge on any atom is 0.296 e. The highest BCUT2D eigenvalue weighted by molar-refractivity contribution is 7.71. The van der Waals surface area contributed by atoms with E-state index in [1.807, 2.05) is 13.0 Å². The van der Waals surface area contributed by atoms with Crippen molar-refractivity contribution in [3.63, 3.8) is 0 Å². The standard InChI is InChI=1S/C14H16N4O3S/c1-4-21-11-6-5-10(7-12(11)20-3)8-15-18-13(19)9(2)16-17-14(18)22/h5-8H,4H2,1-3H3,(H,17,22)/b15-8+. The number of nitrogens with zero attached hydrogens (tertiary/aromatic N) is 3. The number of aromatic amines is 1. The van der Waals surface area contributed by atoms with Gasteiger partial charge in [0, 0.05) is 0 Å². The van der Waals surface area contributed by atoms with Crippen molar-refractivity contribution in [1.82, 2.24) is 14.9 Å². The van der Waals surface area contributed by atoms with E-state index >= 15 is 0 Å². The summed E-state index contributed by atoms with van der Waals surface area (Å²) in [6.07, 6.45) is 1.52. The Morgan fingerprint density at radius 2 is 2.23 bits per heavy atom. The minimum atomic E-state index is -0.363. The van der Waals surface area contributed by atoms with E-state index in [9.17, 15) is 4.79 Å². The molecule has 0 atom stereocenters. The molecule has 1 aromatic heterocycles. The summed E-state index contributed by atoms with van der Waals surface area (Å²) in [4.78, 5) is 11.9. The Kier molecular flexibility index (Phi) is 5.05. The molecule has 0 fully saturated rings. The van der Waals surface area contributed by atoms with Crippen LogP contribution in [0, 0.1) is 11.7 Å². The molecule has 2 rings (SSSR count). The number of aromatic nitrogens is 3. The molecule has 0 unspecified atom stereocenters. The first-order valence-corrected chi connectivity index (χ1v) is 7.01. The molecule has 1 N–H and O–H groups in total. The smallest absolute Gasteiger partial charge is 0.296 e. The summed E-state index contributed by atoms with van der Waals surface area (Å²) in [6, 6.07) is 5.36. The number of ether oxygens (including phenoxy) is 2. The van der Waals surface area contributed by atoms with Crippen LogP contribution >= 0.6 is 12.2 Å². The lowest BCUT2D eigenvalue weighted by Crippen LogP contribution is -2.22. The fourth-order valence-electron chi connectivity index (χ4n) is 1.74. The quantitative estimate of drug-likeness (QED) is 0.672. The van der Waals surface area contributed by atoms with Crippen LogP contribution < -0.4 is 15.0 Å². The second kappa shape index (κ2) is 6.99. The van der Waals surface area contributed by atoms with Crippen molar-refractivity contribution in [2.45, 2.75) is 13.8 Å². The number of benzene rings is 1. The molecule has 0 aliphatic carbocycles. The maximum atomic E-state index is 11.9. The third-order valence-corrected chi connectivity index (χ3v) is 3.09. The molecule has 0 bridgehead atoms. The van der Waals surface area contributed by atoms with Gasteiger partial charge in [0.2, 0.25) is 4.77 Å². The van der Waals surface area contributed by atoms with Crippen molar-refractivity contribution < 1.29 is 9.47 Å². The van der Waals surface area contributed by atoms with Crippen LogP contribution in [0.5, 0.6) is 11.5 Å². The molecule has 0 amide bonds. The monoisotopic (exact) mass is 320 g/mol. The van der Waals surface area contributed by atoms with Crippen LogP contribution in [0.4, 0.5) is 0 Å². The van der Waals surface area contributed by atoms with Crippen LogP contribution in [-0.4, -0.2) is 34.8 Å². The third kappa shape index (κ3) is 3.40. The van der Waals surface area contributed by atoms with Crippen LogP contribution in [0.25, 0.3) is 0 Å². The van der Waals surface area contributed by atoms with Crippen LogP contribution in [-0.2, 0) is 0 Å². The SMILES string of the molecule is CCOc1ccc(/C=N/n2c(=S)[nH]nc(C)c2=O)cc1OC. The number of hydrogen-bond acceptors (Lipinski definition) is 6. The van der Waals surface area contributed by atoms with Gasteiger partial charge < -0.3 is 9.47 Å². The van der Waals surface area contributed by atoms with Crippen molar-refractivity contribution in [3.8, 4) is 11.5 Å². The largest absolute Gasteiger partial charge is 0.493 e. The molecular weight excluding hydrogens is 304 g/mol. The van der Waals surface area contributed by atoms with E-state index in [-0.39, 0.29) is 16.0 Å². The Morgan fingerprint density at radius 1 is 1.45 bits per heavy atom. The summed E-state index contributed by atoms with van der Waals surface area (Å²) >= 11 is 5.00. The molecule has 0 radical (unpaired) electrons. The number of hydrogen-bond donors (Lipinski definition) is 1. The van der Waals surface area contributed by atoms with Gasteiger partial charge in [0.05, 0.1) is 19.9 Å². The fourth-order valence-corrected chi connectivity index (χ4v) is 1.92. The summed E-state index contributed by atoms with van der Waals surface area (Å²) in [7, 11) is 1.56. The van der Waals surface area contributed by atoms with Gasteiger partial charge in [0.25, 0.3) is 5.56 Å². The number of H-pyrrole nitrogens is 1. The average Bonchev–Trinajstić information content (AvgIpc) is 2.52. The van der Waals surface area contributed by atoms with Gasteiger partial charge in [-0.25, -0.2) is 0 Å². The maximum absolute atomic E-state index is 11.9. The second-order valence-electron chi connectivity index (χ2n) is 4.32. The van der Waals surface area contributed by atoms with Crippen molar-refractivity contribution >= 4 is 18.4 Å². The molecule has 1 aromatic carbocycles. The topological polar surface area (TPSA) is 81.5 Å². The van der Waals surface area contributed by atoms with Crippen molar-refractivity contribution in [1.29, 1.82) is 0 Å². The lowest BCUT2D eigenvalue weighted by molar-refractivity contribution is 0.311. The molecule has 22 heavy (non-hydrogen) atoms. The lowest BCUT2D eigenvalue weighted by atomic mass is 10.2. The first-order chi connectivity index (χ1) is 10.6. The molecule has 0 saturated heterocycles. The summed E-state index contributed by atoms with van der Waals surface area (Å²) in [6.45, 7) is 4.03. The van der Waals surface area contributed by atoms with Gasteiger partial charge >= 0.3 is 0 Å². The Morgan fingerprint density at radius 3 is 2.91 bits per heavy atom. The van der Waals surface area contributed by atoms with Gasteiger partial charge in [-0.2, -0.15) is 14.9 Å². The Bertz CT molecular complexity index is 810. The predicted octanol–water partition coefficient (Wildman–Crippen LogP) is 1.90. The van der Waals surface area contributed by atoms with E-state index in [0.29, 0.717) is 18.1 Å². The number of nitrogens with one attached hydrogen (secondary N) is 1. The minimum Gasteiger partial charge on any atom is -0.493 e. The molecule has 0 aliphatic rings. The molecule has 116 valence electrons. The molecule has 7 nitrogen and oxygen atoms in total. The van der Waals surface area contributed by atoms with Gasteiger partial charge in [0.1, 0.15) is 5.69 Å². The van der Waals surface area contributed by atoms with Gasteiger partial charge in [-0.15, -0.1) is 0 Å². The zero-order valence-corrected chi connectivity index (χ0v) is 13.3. The van der Waals surface area contributed by atoms with Crippen molar-refractivity contribution in [3.05, 3.63) is 44.6 Å². The van der Waals surface area contributed by atoms with Gasteiger partial charge in [0.15, 0.2) is 11.5 Å². The molecule has 8 heteroatoms. The zero-order valence-electron chi connectivity index (χ0n) is 12.5. The number of aryl methyl sites for hydroxylation is 1. The van der Waals surface area contributed by atoms with Gasteiger partial charge in [-0.05, 0) is 49.8 Å². The molecule has 0 aliphatic heterocycles. The fraction of sp³-hybridized carbons (Fsp3) is 0.286. The van der Waals surface area contributed by atoms with E-state index < -0.39 is 0 Å². The molecule has 2 aromatic rings. The third-order valence-electron chi connectivity index (χ3n) is 2.82. The summed E-state index contributed by atoms with van der Waals surface area (Å²) in [5.74, 6) is 1.24. The Labute approximate surface area is 132 Å². The van der Waals surface area contributed by atoms with Crippen LogP contribution in [0.3, 0.4) is 0 Å². The first kappa shape index (κ1) is 15.9. The average molecular weight is 320 g/mol. The first-order valence-electron chi connectivity index (χ1n) is 6.60. The lowest BCUT2D eigenvalue weighted by Gasteiger charge is -2.09.